The molecule has 0 radical (unpaired) electrons. The van der Waals surface area contributed by atoms with Crippen molar-refractivity contribution >= 4 is 35.0 Å². The molecule has 0 unspecified atom stereocenters. The number of esters is 1. The zero-order chi connectivity index (χ0) is 33.8. The van der Waals surface area contributed by atoms with E-state index in [4.69, 9.17) is 14.5 Å². The van der Waals surface area contributed by atoms with Crippen LogP contribution in [0.3, 0.4) is 0 Å². The predicted octanol–water partition coefficient (Wildman–Crippen LogP) is 6.34. The third-order valence-electron chi connectivity index (χ3n) is 8.09. The van der Waals surface area contributed by atoms with Crippen LogP contribution in [-0.4, -0.2) is 28.2 Å². The average Bonchev–Trinajstić information content (AvgIpc) is 3.41. The highest BCUT2D eigenvalue weighted by molar-refractivity contribution is 7.07. The van der Waals surface area contributed by atoms with Gasteiger partial charge in [-0.05, 0) is 53.8 Å². The zero-order valence-corrected chi connectivity index (χ0v) is 27.6. The molecular weight excluding hydrogens is 625 g/mol. The number of benzene rings is 4. The Bertz CT molecular complexity index is 2180. The van der Waals surface area contributed by atoms with Gasteiger partial charge in [-0.3, -0.25) is 9.36 Å². The highest BCUT2D eigenvalue weighted by atomic mass is 32.1. The zero-order valence-electron chi connectivity index (χ0n) is 26.8. The number of carbonyl (C=O) groups excluding carboxylic acids is 1. The van der Waals surface area contributed by atoms with E-state index < -0.39 is 18.0 Å². The second-order valence-corrected chi connectivity index (χ2v) is 12.6. The molecule has 0 spiro atoms. The van der Waals surface area contributed by atoms with Crippen LogP contribution in [0.2, 0.25) is 0 Å². The van der Waals surface area contributed by atoms with Gasteiger partial charge in [-0.1, -0.05) is 110 Å². The Morgan fingerprint density at radius 2 is 1.62 bits per heavy atom. The Kier molecular flexibility index (Phi) is 9.50. The van der Waals surface area contributed by atoms with Gasteiger partial charge in [0.05, 0.1) is 34.0 Å². The highest BCUT2D eigenvalue weighted by Crippen LogP contribution is 2.35. The minimum atomic E-state index is -0.991. The van der Waals surface area contributed by atoms with Gasteiger partial charge < -0.3 is 14.6 Å². The summed E-state index contributed by atoms with van der Waals surface area (Å²) in [5.74, 6) is -0.646. The van der Waals surface area contributed by atoms with Gasteiger partial charge in [0.1, 0.15) is 12.4 Å². The lowest BCUT2D eigenvalue weighted by molar-refractivity contribution is -0.138. The van der Waals surface area contributed by atoms with Crippen LogP contribution in [-0.2, 0) is 16.1 Å². The van der Waals surface area contributed by atoms with E-state index in [2.05, 4.69) is 13.8 Å². The number of hydrogen-bond acceptors (Lipinski definition) is 7. The van der Waals surface area contributed by atoms with Crippen molar-refractivity contribution in [1.29, 1.82) is 0 Å². The van der Waals surface area contributed by atoms with Gasteiger partial charge in [-0.25, -0.2) is 14.6 Å². The summed E-state index contributed by atoms with van der Waals surface area (Å²) >= 11 is 1.25. The number of hydrogen-bond donors (Lipinski definition) is 1. The van der Waals surface area contributed by atoms with Crippen LogP contribution in [0, 0.1) is 0 Å². The smallest absolute Gasteiger partial charge is 0.338 e. The maximum absolute atomic E-state index is 14.3. The molecule has 1 aliphatic rings. The number of carboxylic acids is 1. The van der Waals surface area contributed by atoms with E-state index in [0.717, 1.165) is 22.3 Å². The summed E-state index contributed by atoms with van der Waals surface area (Å²) < 4.78 is 13.7. The molecule has 9 heteroatoms. The van der Waals surface area contributed by atoms with Crippen molar-refractivity contribution < 1.29 is 24.2 Å². The molecule has 0 bridgehead atoms. The molecule has 0 saturated heterocycles. The maximum atomic E-state index is 14.3. The first kappa shape index (κ1) is 32.4. The minimum Gasteiger partial charge on any atom is -0.488 e. The lowest BCUT2D eigenvalue weighted by Crippen LogP contribution is -2.40. The normalized spacial score (nSPS) is 14.4. The van der Waals surface area contributed by atoms with Crippen LogP contribution in [0.4, 0.5) is 0 Å². The van der Waals surface area contributed by atoms with Gasteiger partial charge in [-0.2, -0.15) is 0 Å². The summed E-state index contributed by atoms with van der Waals surface area (Å²) in [5.41, 5.74) is 4.84. The fourth-order valence-electron chi connectivity index (χ4n) is 5.60. The number of para-hydroxylation sites is 1. The molecule has 5 aromatic rings. The number of rotatable bonds is 10. The van der Waals surface area contributed by atoms with Crippen molar-refractivity contribution in [2.45, 2.75) is 39.3 Å². The third kappa shape index (κ3) is 6.63. The third-order valence-corrected chi connectivity index (χ3v) is 9.08. The summed E-state index contributed by atoms with van der Waals surface area (Å²) in [4.78, 5) is 44.7. The average molecular weight is 659 g/mol. The van der Waals surface area contributed by atoms with Crippen molar-refractivity contribution in [2.75, 3.05) is 6.61 Å². The highest BCUT2D eigenvalue weighted by Gasteiger charge is 2.35. The molecule has 0 aliphatic carbocycles. The summed E-state index contributed by atoms with van der Waals surface area (Å²) in [6, 6.07) is 30.6. The molecular formula is C39H34N2O6S. The first-order valence-electron chi connectivity index (χ1n) is 15.7. The van der Waals surface area contributed by atoms with E-state index in [0.29, 0.717) is 37.8 Å². The van der Waals surface area contributed by atoms with Crippen LogP contribution in [0.15, 0.2) is 118 Å². The second-order valence-electron chi connectivity index (χ2n) is 11.6. The molecule has 0 amide bonds. The Hall–Kier alpha value is -5.54. The van der Waals surface area contributed by atoms with Crippen molar-refractivity contribution in [3.8, 4) is 5.75 Å². The van der Waals surface area contributed by atoms with Crippen LogP contribution < -0.4 is 19.6 Å². The Morgan fingerprint density at radius 1 is 0.938 bits per heavy atom. The fourth-order valence-corrected chi connectivity index (χ4v) is 6.59. The molecule has 8 nitrogen and oxygen atoms in total. The quantitative estimate of drug-likeness (QED) is 0.176. The monoisotopic (exact) mass is 658 g/mol. The van der Waals surface area contributed by atoms with E-state index in [-0.39, 0.29) is 24.3 Å². The molecule has 6 rings (SSSR count). The second kappa shape index (κ2) is 14.1. The number of aromatic carboxylic acids is 1. The van der Waals surface area contributed by atoms with Gasteiger partial charge in [0.2, 0.25) is 0 Å². The summed E-state index contributed by atoms with van der Waals surface area (Å²) in [5, 5.41) is 9.20. The minimum absolute atomic E-state index is 0.175. The van der Waals surface area contributed by atoms with Crippen molar-refractivity contribution in [3.63, 3.8) is 0 Å². The number of ether oxygens (including phenoxy) is 2. The Morgan fingerprint density at radius 3 is 2.29 bits per heavy atom. The standard InChI is InChI=1S/C39H34N2O6S/c1-4-46-38(45)33-34(27-10-6-5-7-11-27)40-39-41(35(33)28-20-18-26(19-21-28)24(2)3)36(42)32(48-39)22-30-12-8-9-13-31(30)47-23-25-14-16-29(17-15-25)37(43)44/h5-22,24,35H,4,23H2,1-3H3,(H,43,44)/b32-22-/t35-/m0/s1. The van der Waals surface area contributed by atoms with Crippen LogP contribution in [0.25, 0.3) is 11.8 Å². The van der Waals surface area contributed by atoms with Crippen molar-refractivity contribution in [1.82, 2.24) is 4.57 Å². The van der Waals surface area contributed by atoms with Gasteiger partial charge in [0.25, 0.3) is 5.56 Å². The van der Waals surface area contributed by atoms with E-state index >= 15 is 0 Å². The topological polar surface area (TPSA) is 107 Å². The van der Waals surface area contributed by atoms with E-state index in [9.17, 15) is 19.5 Å². The fraction of sp³-hybridized carbons (Fsp3) is 0.179. The molecule has 4 aromatic carbocycles. The first-order chi connectivity index (χ1) is 23.2. The van der Waals surface area contributed by atoms with Crippen LogP contribution in [0.1, 0.15) is 70.9 Å². The van der Waals surface area contributed by atoms with Crippen LogP contribution in [0.5, 0.6) is 5.75 Å². The Balaban J connectivity index is 1.48. The molecule has 2 heterocycles. The molecule has 1 aromatic heterocycles. The summed E-state index contributed by atoms with van der Waals surface area (Å²) in [7, 11) is 0. The molecule has 48 heavy (non-hydrogen) atoms. The summed E-state index contributed by atoms with van der Waals surface area (Å²) in [6.45, 7) is 6.38. The van der Waals surface area contributed by atoms with E-state index in [1.165, 1.54) is 23.5 Å². The number of nitrogens with zero attached hydrogens (tertiary/aromatic N) is 2. The Labute approximate surface area is 281 Å². The lowest BCUT2D eigenvalue weighted by atomic mass is 9.91. The number of carboxylic acid groups (broad SMARTS) is 1. The van der Waals surface area contributed by atoms with Gasteiger partial charge in [0, 0.05) is 11.1 Å². The van der Waals surface area contributed by atoms with Gasteiger partial charge in [0.15, 0.2) is 4.80 Å². The molecule has 1 atom stereocenters. The number of carbonyl (C=O) groups is 2. The number of fused-ring (bicyclic) bond motifs is 1. The SMILES string of the molecule is CCOC(=O)C1=C(c2ccccc2)N=c2s/c(=C\c3ccccc3OCc3ccc(C(=O)O)cc3)c(=O)n2[C@H]1c1ccc(C(C)C)cc1. The first-order valence-corrected chi connectivity index (χ1v) is 16.5. The predicted molar refractivity (Wildman–Crippen MR) is 186 cm³/mol. The molecule has 0 fully saturated rings. The van der Waals surface area contributed by atoms with E-state index in [1.54, 1.807) is 29.7 Å². The van der Waals surface area contributed by atoms with E-state index in [1.807, 2.05) is 78.9 Å². The summed E-state index contributed by atoms with van der Waals surface area (Å²) in [6.07, 6.45) is 1.78. The number of thiazole rings is 1. The molecule has 242 valence electrons. The molecule has 1 aliphatic heterocycles. The van der Waals surface area contributed by atoms with Crippen molar-refractivity contribution in [3.05, 3.63) is 162 Å². The largest absolute Gasteiger partial charge is 0.488 e. The molecule has 0 saturated carbocycles. The van der Waals surface area contributed by atoms with Gasteiger partial charge >= 0.3 is 11.9 Å². The number of aromatic nitrogens is 1. The molecule has 1 N–H and O–H groups in total. The van der Waals surface area contributed by atoms with Crippen molar-refractivity contribution in [2.24, 2.45) is 4.99 Å². The lowest BCUT2D eigenvalue weighted by Gasteiger charge is -2.26. The van der Waals surface area contributed by atoms with Crippen LogP contribution >= 0.6 is 11.3 Å². The van der Waals surface area contributed by atoms with Gasteiger partial charge in [-0.15, -0.1) is 0 Å². The maximum Gasteiger partial charge on any atom is 0.338 e.